The third-order valence-electron chi connectivity index (χ3n) is 4.30. The van der Waals surface area contributed by atoms with E-state index < -0.39 is 18.3 Å². The van der Waals surface area contributed by atoms with Crippen molar-refractivity contribution in [1.82, 2.24) is 0 Å². The SMILES string of the molecule is CC(C)(C)c1c(F)cccc1B1OC(C)(C)C(C)(C)O1. The van der Waals surface area contributed by atoms with Gasteiger partial charge < -0.3 is 9.31 Å². The van der Waals surface area contributed by atoms with Crippen molar-refractivity contribution in [2.45, 2.75) is 65.1 Å². The Labute approximate surface area is 121 Å². The van der Waals surface area contributed by atoms with Crippen molar-refractivity contribution in [3.8, 4) is 0 Å². The summed E-state index contributed by atoms with van der Waals surface area (Å²) >= 11 is 0. The van der Waals surface area contributed by atoms with Crippen LogP contribution in [-0.4, -0.2) is 18.3 Å². The molecular formula is C16H24BFO2. The molecule has 1 heterocycles. The van der Waals surface area contributed by atoms with Crippen molar-refractivity contribution >= 4 is 12.6 Å². The highest BCUT2D eigenvalue weighted by atomic mass is 19.1. The average molecular weight is 278 g/mol. The van der Waals surface area contributed by atoms with Crippen LogP contribution in [-0.2, 0) is 14.7 Å². The first kappa shape index (κ1) is 15.5. The number of benzene rings is 1. The van der Waals surface area contributed by atoms with E-state index in [-0.39, 0.29) is 11.2 Å². The van der Waals surface area contributed by atoms with E-state index in [2.05, 4.69) is 0 Å². The lowest BCUT2D eigenvalue weighted by atomic mass is 9.69. The van der Waals surface area contributed by atoms with Crippen molar-refractivity contribution in [2.24, 2.45) is 0 Å². The van der Waals surface area contributed by atoms with E-state index in [1.165, 1.54) is 6.07 Å². The summed E-state index contributed by atoms with van der Waals surface area (Å²) in [7, 11) is -0.523. The summed E-state index contributed by atoms with van der Waals surface area (Å²) in [4.78, 5) is 0. The van der Waals surface area contributed by atoms with E-state index in [0.29, 0.717) is 5.56 Å². The standard InChI is InChI=1S/C16H24BFO2/c1-14(2,3)13-11(9-8-10-12(13)18)17-19-15(4,5)16(6,7)20-17/h8-10H,1-7H3. The molecule has 0 atom stereocenters. The van der Waals surface area contributed by atoms with Crippen LogP contribution in [0.25, 0.3) is 0 Å². The summed E-state index contributed by atoms with van der Waals surface area (Å²) in [6.45, 7) is 14.0. The number of hydrogen-bond donors (Lipinski definition) is 0. The zero-order chi connectivity index (χ0) is 15.3. The van der Waals surface area contributed by atoms with Gasteiger partial charge in [0, 0.05) is 0 Å². The van der Waals surface area contributed by atoms with Crippen LogP contribution in [0.1, 0.15) is 54.0 Å². The maximum Gasteiger partial charge on any atom is 0.495 e. The van der Waals surface area contributed by atoms with Crippen LogP contribution >= 0.6 is 0 Å². The molecule has 1 saturated heterocycles. The highest BCUT2D eigenvalue weighted by molar-refractivity contribution is 6.62. The second-order valence-electron chi connectivity index (χ2n) is 7.54. The largest absolute Gasteiger partial charge is 0.495 e. The van der Waals surface area contributed by atoms with E-state index in [9.17, 15) is 4.39 Å². The lowest BCUT2D eigenvalue weighted by molar-refractivity contribution is 0.00578. The number of rotatable bonds is 1. The van der Waals surface area contributed by atoms with Gasteiger partial charge >= 0.3 is 7.12 Å². The van der Waals surface area contributed by atoms with Gasteiger partial charge in [-0.05, 0) is 50.2 Å². The van der Waals surface area contributed by atoms with Crippen LogP contribution in [0.4, 0.5) is 4.39 Å². The van der Waals surface area contributed by atoms with E-state index in [4.69, 9.17) is 9.31 Å². The van der Waals surface area contributed by atoms with Gasteiger partial charge in [0.1, 0.15) is 5.82 Å². The van der Waals surface area contributed by atoms with Crippen LogP contribution in [0.15, 0.2) is 18.2 Å². The summed E-state index contributed by atoms with van der Waals surface area (Å²) in [5, 5.41) is 0. The van der Waals surface area contributed by atoms with Gasteiger partial charge in [0.15, 0.2) is 0 Å². The van der Waals surface area contributed by atoms with Crippen LogP contribution in [0.5, 0.6) is 0 Å². The molecule has 1 aliphatic rings. The molecule has 0 N–H and O–H groups in total. The summed E-state index contributed by atoms with van der Waals surface area (Å²) in [5.41, 5.74) is 0.317. The number of halogens is 1. The lowest BCUT2D eigenvalue weighted by Crippen LogP contribution is -2.41. The van der Waals surface area contributed by atoms with Crippen LogP contribution in [0, 0.1) is 5.82 Å². The summed E-state index contributed by atoms with van der Waals surface area (Å²) in [6.07, 6.45) is 0. The zero-order valence-corrected chi connectivity index (χ0v) is 13.5. The molecule has 0 unspecified atom stereocenters. The van der Waals surface area contributed by atoms with Crippen molar-refractivity contribution in [1.29, 1.82) is 0 Å². The Hall–Kier alpha value is -0.865. The molecule has 1 aromatic rings. The van der Waals surface area contributed by atoms with Crippen molar-refractivity contribution in [3.63, 3.8) is 0 Å². The molecule has 20 heavy (non-hydrogen) atoms. The molecule has 110 valence electrons. The molecule has 0 amide bonds. The molecule has 2 nitrogen and oxygen atoms in total. The van der Waals surface area contributed by atoms with Crippen LogP contribution in [0.3, 0.4) is 0 Å². The molecule has 0 saturated carbocycles. The summed E-state index contributed by atoms with van der Waals surface area (Å²) in [5.74, 6) is -0.204. The van der Waals surface area contributed by atoms with E-state index in [1.807, 2.05) is 54.5 Å². The second kappa shape index (κ2) is 4.57. The minimum Gasteiger partial charge on any atom is -0.399 e. The minimum absolute atomic E-state index is 0.204. The monoisotopic (exact) mass is 278 g/mol. The Morgan fingerprint density at radius 2 is 1.50 bits per heavy atom. The topological polar surface area (TPSA) is 18.5 Å². The maximum absolute atomic E-state index is 14.3. The fraction of sp³-hybridized carbons (Fsp3) is 0.625. The predicted molar refractivity (Wildman–Crippen MR) is 80.8 cm³/mol. The fourth-order valence-electron chi connectivity index (χ4n) is 2.50. The molecule has 0 spiro atoms. The van der Waals surface area contributed by atoms with Gasteiger partial charge in [-0.2, -0.15) is 0 Å². The third-order valence-corrected chi connectivity index (χ3v) is 4.30. The molecule has 0 aromatic heterocycles. The van der Waals surface area contributed by atoms with Gasteiger partial charge in [0.05, 0.1) is 11.2 Å². The smallest absolute Gasteiger partial charge is 0.399 e. The third kappa shape index (κ3) is 2.51. The molecule has 0 bridgehead atoms. The first-order chi connectivity index (χ1) is 8.96. The zero-order valence-electron chi connectivity index (χ0n) is 13.5. The van der Waals surface area contributed by atoms with Gasteiger partial charge in [-0.3, -0.25) is 0 Å². The van der Waals surface area contributed by atoms with Crippen molar-refractivity contribution in [3.05, 3.63) is 29.6 Å². The van der Waals surface area contributed by atoms with E-state index >= 15 is 0 Å². The highest BCUT2D eigenvalue weighted by Crippen LogP contribution is 2.37. The Bertz CT molecular complexity index is 502. The van der Waals surface area contributed by atoms with Gasteiger partial charge in [-0.15, -0.1) is 0 Å². The van der Waals surface area contributed by atoms with E-state index in [0.717, 1.165) is 5.46 Å². The molecule has 1 aromatic carbocycles. The maximum atomic E-state index is 14.3. The Morgan fingerprint density at radius 3 is 1.95 bits per heavy atom. The van der Waals surface area contributed by atoms with E-state index in [1.54, 1.807) is 6.07 Å². The van der Waals surface area contributed by atoms with Gasteiger partial charge in [0.25, 0.3) is 0 Å². The summed E-state index contributed by atoms with van der Waals surface area (Å²) < 4.78 is 26.4. The molecule has 4 heteroatoms. The minimum atomic E-state index is -0.523. The molecule has 0 aliphatic carbocycles. The normalized spacial score (nSPS) is 21.3. The Balaban J connectivity index is 2.49. The lowest BCUT2D eigenvalue weighted by Gasteiger charge is -2.32. The van der Waals surface area contributed by atoms with Crippen LogP contribution in [0.2, 0.25) is 0 Å². The molecule has 1 fully saturated rings. The first-order valence-electron chi connectivity index (χ1n) is 7.10. The Kier molecular flexibility index (Phi) is 3.55. The first-order valence-corrected chi connectivity index (χ1v) is 7.10. The Morgan fingerprint density at radius 1 is 1.00 bits per heavy atom. The van der Waals surface area contributed by atoms with Gasteiger partial charge in [-0.25, -0.2) is 4.39 Å². The quantitative estimate of drug-likeness (QED) is 0.733. The van der Waals surface area contributed by atoms with Crippen molar-refractivity contribution < 1.29 is 13.7 Å². The van der Waals surface area contributed by atoms with Crippen LogP contribution < -0.4 is 5.46 Å². The average Bonchev–Trinajstić information content (AvgIpc) is 2.46. The molecule has 0 radical (unpaired) electrons. The molecule has 2 rings (SSSR count). The van der Waals surface area contributed by atoms with Gasteiger partial charge in [0.2, 0.25) is 0 Å². The summed E-state index contributed by atoms with van der Waals surface area (Å²) in [6, 6.07) is 5.10. The molecule has 1 aliphatic heterocycles. The van der Waals surface area contributed by atoms with Crippen molar-refractivity contribution in [2.75, 3.05) is 0 Å². The second-order valence-corrected chi connectivity index (χ2v) is 7.54. The molecular weight excluding hydrogens is 254 g/mol. The predicted octanol–water partition coefficient (Wildman–Crippen LogP) is 3.42. The number of hydrogen-bond acceptors (Lipinski definition) is 2. The fourth-order valence-corrected chi connectivity index (χ4v) is 2.50. The highest BCUT2D eigenvalue weighted by Gasteiger charge is 2.52. The van der Waals surface area contributed by atoms with Gasteiger partial charge in [-0.1, -0.05) is 32.9 Å².